The first-order valence-electron chi connectivity index (χ1n) is 10.8. The molecule has 0 atom stereocenters. The van der Waals surface area contributed by atoms with E-state index in [0.717, 1.165) is 59.4 Å². The number of carbonyl (C=O) groups excluding carboxylic acids is 1. The van der Waals surface area contributed by atoms with Crippen molar-refractivity contribution in [2.45, 2.75) is 51.6 Å². The molecule has 0 aromatic heterocycles. The number of halogens is 1. The van der Waals surface area contributed by atoms with E-state index >= 15 is 0 Å². The van der Waals surface area contributed by atoms with E-state index in [1.807, 2.05) is 56.3 Å². The molecule has 1 amide bonds. The lowest BCUT2D eigenvalue weighted by Crippen LogP contribution is -2.38. The average molecular weight is 418 g/mol. The molecule has 3 nitrogen and oxygen atoms in total. The molecule has 0 heterocycles. The molecule has 3 aromatic carbocycles. The molecule has 1 N–H and O–H groups in total. The Balaban J connectivity index is 1.53. The van der Waals surface area contributed by atoms with Gasteiger partial charge in [0.1, 0.15) is 18.2 Å². The molecular weight excluding hydrogens is 389 g/mol. The van der Waals surface area contributed by atoms with Crippen LogP contribution in [-0.4, -0.2) is 5.91 Å². The van der Waals surface area contributed by atoms with Crippen molar-refractivity contribution in [3.8, 4) is 5.75 Å². The van der Waals surface area contributed by atoms with E-state index in [-0.39, 0.29) is 11.7 Å². The molecule has 160 valence electrons. The zero-order valence-corrected chi connectivity index (χ0v) is 18.1. The van der Waals surface area contributed by atoms with Crippen molar-refractivity contribution >= 4 is 11.6 Å². The summed E-state index contributed by atoms with van der Waals surface area (Å²) in [5.74, 6) is 0.541. The van der Waals surface area contributed by atoms with E-state index in [1.165, 1.54) is 12.1 Å². The number of amides is 1. The van der Waals surface area contributed by atoms with Gasteiger partial charge in [-0.25, -0.2) is 4.39 Å². The molecule has 0 saturated heterocycles. The van der Waals surface area contributed by atoms with Crippen LogP contribution in [0.25, 0.3) is 0 Å². The van der Waals surface area contributed by atoms with Gasteiger partial charge >= 0.3 is 0 Å². The molecule has 31 heavy (non-hydrogen) atoms. The normalized spacial score (nSPS) is 14.9. The van der Waals surface area contributed by atoms with Crippen molar-refractivity contribution in [1.29, 1.82) is 0 Å². The predicted octanol–water partition coefficient (Wildman–Crippen LogP) is 6.47. The monoisotopic (exact) mass is 417 g/mol. The number of anilines is 1. The molecule has 1 aliphatic carbocycles. The standard InChI is InChI=1S/C27H28FNO2/c1-19-16-24(17-20(2)25(19)31-18-21-8-4-3-5-9-21)29-26(30)27(14-6-7-15-27)22-10-12-23(28)13-11-22/h3-5,8-13,16-17H,6-7,14-15,18H2,1-2H3,(H,29,30). The van der Waals surface area contributed by atoms with Crippen molar-refractivity contribution in [1.82, 2.24) is 0 Å². The lowest BCUT2D eigenvalue weighted by Gasteiger charge is -2.28. The van der Waals surface area contributed by atoms with Crippen molar-refractivity contribution in [3.05, 3.63) is 94.8 Å². The molecule has 3 aromatic rings. The fourth-order valence-corrected chi connectivity index (χ4v) is 4.62. The first-order chi connectivity index (χ1) is 15.0. The van der Waals surface area contributed by atoms with Gasteiger partial charge in [0, 0.05) is 5.69 Å². The van der Waals surface area contributed by atoms with Gasteiger partial charge in [0.2, 0.25) is 5.91 Å². The third-order valence-corrected chi connectivity index (χ3v) is 6.23. The Kier molecular flexibility index (Phi) is 6.08. The maximum atomic E-state index is 13.4. The van der Waals surface area contributed by atoms with Gasteiger partial charge in [0.25, 0.3) is 0 Å². The fraction of sp³-hybridized carbons (Fsp3) is 0.296. The molecule has 0 bridgehead atoms. The molecule has 4 heteroatoms. The smallest absolute Gasteiger partial charge is 0.235 e. The second-order valence-corrected chi connectivity index (χ2v) is 8.46. The minimum atomic E-state index is -0.599. The second kappa shape index (κ2) is 8.93. The van der Waals surface area contributed by atoms with Gasteiger partial charge in [0.15, 0.2) is 0 Å². The molecule has 1 saturated carbocycles. The summed E-state index contributed by atoms with van der Waals surface area (Å²) in [5, 5.41) is 3.13. The van der Waals surface area contributed by atoms with E-state index in [4.69, 9.17) is 4.74 Å². The molecule has 1 fully saturated rings. The van der Waals surface area contributed by atoms with Crippen LogP contribution >= 0.6 is 0 Å². The van der Waals surface area contributed by atoms with Gasteiger partial charge in [-0.2, -0.15) is 0 Å². The van der Waals surface area contributed by atoms with Gasteiger partial charge in [-0.1, -0.05) is 55.3 Å². The zero-order chi connectivity index (χ0) is 21.8. The maximum Gasteiger partial charge on any atom is 0.235 e. The summed E-state index contributed by atoms with van der Waals surface area (Å²) >= 11 is 0. The first-order valence-corrected chi connectivity index (χ1v) is 10.8. The third-order valence-electron chi connectivity index (χ3n) is 6.23. The van der Waals surface area contributed by atoms with Crippen LogP contribution in [0.2, 0.25) is 0 Å². The minimum Gasteiger partial charge on any atom is -0.488 e. The minimum absolute atomic E-state index is 0.0200. The number of benzene rings is 3. The predicted molar refractivity (Wildman–Crippen MR) is 122 cm³/mol. The molecule has 4 rings (SSSR count). The highest BCUT2D eigenvalue weighted by molar-refractivity contribution is 5.99. The van der Waals surface area contributed by atoms with Crippen LogP contribution in [0.5, 0.6) is 5.75 Å². The Bertz CT molecular complexity index is 1030. The largest absolute Gasteiger partial charge is 0.488 e. The van der Waals surface area contributed by atoms with Crippen molar-refractivity contribution in [3.63, 3.8) is 0 Å². The average Bonchev–Trinajstić information content (AvgIpc) is 3.26. The van der Waals surface area contributed by atoms with Crippen LogP contribution in [-0.2, 0) is 16.8 Å². The Morgan fingerprint density at radius 1 is 0.968 bits per heavy atom. The molecule has 1 aliphatic rings. The van der Waals surface area contributed by atoms with Gasteiger partial charge in [0.05, 0.1) is 5.41 Å². The Labute approximate surface area is 183 Å². The van der Waals surface area contributed by atoms with Crippen LogP contribution in [0.1, 0.15) is 47.9 Å². The number of carbonyl (C=O) groups is 1. The highest BCUT2D eigenvalue weighted by Gasteiger charge is 2.42. The number of hydrogen-bond acceptors (Lipinski definition) is 2. The highest BCUT2D eigenvalue weighted by Crippen LogP contribution is 2.42. The maximum absolute atomic E-state index is 13.4. The first kappa shape index (κ1) is 21.1. The van der Waals surface area contributed by atoms with Gasteiger partial charge in [-0.05, 0) is 73.2 Å². The second-order valence-electron chi connectivity index (χ2n) is 8.46. The molecule has 0 radical (unpaired) electrons. The summed E-state index contributed by atoms with van der Waals surface area (Å²) in [5.41, 5.74) is 4.13. The quantitative estimate of drug-likeness (QED) is 0.499. The Morgan fingerprint density at radius 2 is 1.58 bits per heavy atom. The summed E-state index contributed by atoms with van der Waals surface area (Å²) < 4.78 is 19.5. The van der Waals surface area contributed by atoms with Crippen LogP contribution in [0, 0.1) is 19.7 Å². The summed E-state index contributed by atoms with van der Waals surface area (Å²) in [7, 11) is 0. The van der Waals surface area contributed by atoms with Crippen LogP contribution in [0.3, 0.4) is 0 Å². The molecule has 0 spiro atoms. The summed E-state index contributed by atoms with van der Waals surface area (Å²) in [6.45, 7) is 4.49. The highest BCUT2D eigenvalue weighted by atomic mass is 19.1. The molecule has 0 unspecified atom stereocenters. The number of aryl methyl sites for hydroxylation is 2. The van der Waals surface area contributed by atoms with Crippen molar-refractivity contribution in [2.24, 2.45) is 0 Å². The third kappa shape index (κ3) is 4.48. The molecule has 0 aliphatic heterocycles. The van der Waals surface area contributed by atoms with Crippen LogP contribution in [0.4, 0.5) is 10.1 Å². The van der Waals surface area contributed by atoms with E-state index < -0.39 is 5.41 Å². The Hall–Kier alpha value is -3.14. The fourth-order valence-electron chi connectivity index (χ4n) is 4.62. The van der Waals surface area contributed by atoms with Crippen molar-refractivity contribution < 1.29 is 13.9 Å². The zero-order valence-electron chi connectivity index (χ0n) is 18.1. The van der Waals surface area contributed by atoms with Gasteiger partial charge in [-0.15, -0.1) is 0 Å². The lowest BCUT2D eigenvalue weighted by atomic mass is 9.78. The number of hydrogen-bond donors (Lipinski definition) is 1. The van der Waals surface area contributed by atoms with E-state index in [9.17, 15) is 9.18 Å². The Morgan fingerprint density at radius 3 is 2.19 bits per heavy atom. The van der Waals surface area contributed by atoms with E-state index in [0.29, 0.717) is 6.61 Å². The lowest BCUT2D eigenvalue weighted by molar-refractivity contribution is -0.121. The SMILES string of the molecule is Cc1cc(NC(=O)C2(c3ccc(F)cc3)CCCC2)cc(C)c1OCc1ccccc1. The topological polar surface area (TPSA) is 38.3 Å². The number of rotatable bonds is 6. The summed E-state index contributed by atoms with van der Waals surface area (Å²) in [6, 6.07) is 20.3. The van der Waals surface area contributed by atoms with Gasteiger partial charge < -0.3 is 10.1 Å². The summed E-state index contributed by atoms with van der Waals surface area (Å²) in [6.07, 6.45) is 3.55. The summed E-state index contributed by atoms with van der Waals surface area (Å²) in [4.78, 5) is 13.4. The van der Waals surface area contributed by atoms with Crippen molar-refractivity contribution in [2.75, 3.05) is 5.32 Å². The van der Waals surface area contributed by atoms with E-state index in [1.54, 1.807) is 12.1 Å². The number of ether oxygens (including phenoxy) is 1. The van der Waals surface area contributed by atoms with Crippen LogP contribution in [0.15, 0.2) is 66.7 Å². The molecular formula is C27H28FNO2. The van der Waals surface area contributed by atoms with E-state index in [2.05, 4.69) is 5.32 Å². The number of nitrogens with one attached hydrogen (secondary N) is 1. The van der Waals surface area contributed by atoms with Crippen LogP contribution < -0.4 is 10.1 Å². The van der Waals surface area contributed by atoms with Gasteiger partial charge in [-0.3, -0.25) is 4.79 Å².